The van der Waals surface area contributed by atoms with Gasteiger partial charge in [-0.3, -0.25) is 4.79 Å². The molecule has 0 aliphatic carbocycles. The Morgan fingerprint density at radius 2 is 1.92 bits per heavy atom. The number of nitrogens with zero attached hydrogens (tertiary/aromatic N) is 2. The summed E-state index contributed by atoms with van der Waals surface area (Å²) >= 11 is 0. The molecule has 0 unspecified atom stereocenters. The van der Waals surface area contributed by atoms with Crippen LogP contribution < -0.4 is 5.32 Å². The number of piperidine rings is 1. The molecule has 5 nitrogen and oxygen atoms in total. The first-order valence-electron chi connectivity index (χ1n) is 8.95. The molecule has 1 saturated heterocycles. The van der Waals surface area contributed by atoms with Gasteiger partial charge in [0.1, 0.15) is 0 Å². The number of aliphatic hydroxyl groups is 1. The van der Waals surface area contributed by atoms with Crippen molar-refractivity contribution < 1.29 is 9.90 Å². The van der Waals surface area contributed by atoms with Gasteiger partial charge >= 0.3 is 0 Å². The summed E-state index contributed by atoms with van der Waals surface area (Å²) in [6, 6.07) is 16.6. The van der Waals surface area contributed by atoms with Crippen LogP contribution >= 0.6 is 0 Å². The maximum absolute atomic E-state index is 12.3. The molecule has 1 aliphatic rings. The average molecular weight is 349 g/mol. The van der Waals surface area contributed by atoms with Crippen molar-refractivity contribution in [1.29, 1.82) is 5.26 Å². The van der Waals surface area contributed by atoms with Crippen LogP contribution in [0.15, 0.2) is 48.5 Å². The Labute approximate surface area is 153 Å². The van der Waals surface area contributed by atoms with Gasteiger partial charge < -0.3 is 15.3 Å². The van der Waals surface area contributed by atoms with Crippen molar-refractivity contribution in [3.05, 3.63) is 65.2 Å². The topological polar surface area (TPSA) is 76.4 Å². The van der Waals surface area contributed by atoms with Gasteiger partial charge in [0, 0.05) is 30.9 Å². The maximum Gasteiger partial charge on any atom is 0.255 e. The summed E-state index contributed by atoms with van der Waals surface area (Å²) in [7, 11) is 0. The zero-order chi connectivity index (χ0) is 18.4. The summed E-state index contributed by atoms with van der Waals surface area (Å²) in [6.45, 7) is 2.90. The second-order valence-corrected chi connectivity index (χ2v) is 6.67. The van der Waals surface area contributed by atoms with Crippen LogP contribution in [0.5, 0.6) is 0 Å². The second kappa shape index (κ2) is 8.61. The van der Waals surface area contributed by atoms with Crippen LogP contribution in [0.2, 0.25) is 0 Å². The quantitative estimate of drug-likeness (QED) is 0.870. The van der Waals surface area contributed by atoms with Crippen molar-refractivity contribution in [2.45, 2.75) is 25.4 Å². The average Bonchev–Trinajstić information content (AvgIpc) is 2.68. The maximum atomic E-state index is 12.3. The molecule has 26 heavy (non-hydrogen) atoms. The van der Waals surface area contributed by atoms with E-state index in [1.165, 1.54) is 5.56 Å². The molecular weight excluding hydrogens is 326 g/mol. The number of benzene rings is 2. The molecule has 1 fully saturated rings. The minimum Gasteiger partial charge on any atom is -0.393 e. The first-order valence-corrected chi connectivity index (χ1v) is 8.95. The predicted molar refractivity (Wildman–Crippen MR) is 101 cm³/mol. The molecule has 0 saturated carbocycles. The number of carbonyl (C=O) groups is 1. The lowest BCUT2D eigenvalue weighted by Gasteiger charge is -2.29. The van der Waals surface area contributed by atoms with Crippen molar-refractivity contribution >= 4 is 11.6 Å². The largest absolute Gasteiger partial charge is 0.393 e. The monoisotopic (exact) mass is 349 g/mol. The number of hydrogen-bond acceptors (Lipinski definition) is 4. The molecule has 1 heterocycles. The van der Waals surface area contributed by atoms with Crippen molar-refractivity contribution in [1.82, 2.24) is 4.90 Å². The summed E-state index contributed by atoms with van der Waals surface area (Å²) in [5, 5.41) is 21.3. The Kier molecular flexibility index (Phi) is 6.00. The fourth-order valence-corrected chi connectivity index (χ4v) is 3.12. The third-order valence-corrected chi connectivity index (χ3v) is 4.74. The van der Waals surface area contributed by atoms with Gasteiger partial charge in [0.05, 0.1) is 17.7 Å². The number of nitrogens with one attached hydrogen (secondary N) is 1. The lowest BCUT2D eigenvalue weighted by Crippen LogP contribution is -2.37. The number of anilines is 1. The zero-order valence-electron chi connectivity index (χ0n) is 14.7. The number of amides is 1. The smallest absolute Gasteiger partial charge is 0.255 e. The van der Waals surface area contributed by atoms with Gasteiger partial charge in [-0.25, -0.2) is 0 Å². The highest BCUT2D eigenvalue weighted by molar-refractivity contribution is 6.04. The van der Waals surface area contributed by atoms with Crippen LogP contribution in [0, 0.1) is 11.3 Å². The van der Waals surface area contributed by atoms with E-state index in [0.717, 1.165) is 44.6 Å². The van der Waals surface area contributed by atoms with Gasteiger partial charge in [-0.2, -0.15) is 5.26 Å². The highest BCUT2D eigenvalue weighted by atomic mass is 16.3. The van der Waals surface area contributed by atoms with Crippen LogP contribution in [-0.2, 0) is 6.42 Å². The Morgan fingerprint density at radius 3 is 2.62 bits per heavy atom. The van der Waals surface area contributed by atoms with E-state index in [1.807, 2.05) is 30.3 Å². The number of carbonyl (C=O) groups excluding carboxylic acids is 1. The summed E-state index contributed by atoms with van der Waals surface area (Å²) in [5.74, 6) is -0.221. The summed E-state index contributed by atoms with van der Waals surface area (Å²) in [4.78, 5) is 14.7. The van der Waals surface area contributed by atoms with Crippen molar-refractivity contribution in [2.24, 2.45) is 0 Å². The van der Waals surface area contributed by atoms with E-state index < -0.39 is 0 Å². The Morgan fingerprint density at radius 1 is 1.19 bits per heavy atom. The molecule has 134 valence electrons. The molecule has 0 atom stereocenters. The van der Waals surface area contributed by atoms with Crippen LogP contribution in [0.4, 0.5) is 5.69 Å². The minimum atomic E-state index is -0.221. The van der Waals surface area contributed by atoms with Gasteiger partial charge in [-0.15, -0.1) is 0 Å². The highest BCUT2D eigenvalue weighted by Crippen LogP contribution is 2.14. The second-order valence-electron chi connectivity index (χ2n) is 6.67. The third-order valence-electron chi connectivity index (χ3n) is 4.74. The molecular formula is C21H23N3O2. The third kappa shape index (κ3) is 4.92. The molecule has 0 bridgehead atoms. The molecule has 3 rings (SSSR count). The van der Waals surface area contributed by atoms with E-state index in [9.17, 15) is 9.90 Å². The van der Waals surface area contributed by atoms with E-state index in [1.54, 1.807) is 24.3 Å². The van der Waals surface area contributed by atoms with Crippen molar-refractivity contribution in [3.8, 4) is 6.07 Å². The summed E-state index contributed by atoms with van der Waals surface area (Å²) in [6.07, 6.45) is 2.53. The van der Waals surface area contributed by atoms with Crippen LogP contribution in [0.25, 0.3) is 0 Å². The fraction of sp³-hybridized carbons (Fsp3) is 0.333. The zero-order valence-corrected chi connectivity index (χ0v) is 14.7. The molecule has 5 heteroatoms. The fourth-order valence-electron chi connectivity index (χ4n) is 3.12. The van der Waals surface area contributed by atoms with Gasteiger partial charge in [0.2, 0.25) is 0 Å². The normalized spacial score (nSPS) is 15.4. The molecule has 0 radical (unpaired) electrons. The lowest BCUT2D eigenvalue weighted by atomic mass is 10.1. The molecule has 2 N–H and O–H groups in total. The van der Waals surface area contributed by atoms with Gasteiger partial charge in [0.25, 0.3) is 5.91 Å². The van der Waals surface area contributed by atoms with Gasteiger partial charge in [0.15, 0.2) is 0 Å². The van der Waals surface area contributed by atoms with E-state index in [4.69, 9.17) is 5.26 Å². The standard InChI is InChI=1S/C21H23N3O2/c22-15-17-2-1-3-18(14-17)21(26)23-19-6-4-16(5-7-19)8-11-24-12-9-20(25)10-13-24/h1-7,14,20,25H,8-13H2,(H,23,26). The van der Waals surface area contributed by atoms with Gasteiger partial charge in [-0.05, 0) is 55.2 Å². The van der Waals surface area contributed by atoms with Crippen molar-refractivity contribution in [3.63, 3.8) is 0 Å². The predicted octanol–water partition coefficient (Wildman–Crippen LogP) is 2.81. The van der Waals surface area contributed by atoms with E-state index >= 15 is 0 Å². The lowest BCUT2D eigenvalue weighted by molar-refractivity contribution is 0.0832. The highest BCUT2D eigenvalue weighted by Gasteiger charge is 2.16. The van der Waals surface area contributed by atoms with Crippen LogP contribution in [-0.4, -0.2) is 41.7 Å². The number of likely N-dealkylation sites (tertiary alicyclic amines) is 1. The van der Waals surface area contributed by atoms with E-state index in [2.05, 4.69) is 10.2 Å². The van der Waals surface area contributed by atoms with E-state index in [0.29, 0.717) is 11.1 Å². The first-order chi connectivity index (χ1) is 12.6. The Balaban J connectivity index is 1.52. The van der Waals surface area contributed by atoms with Gasteiger partial charge in [-0.1, -0.05) is 18.2 Å². The van der Waals surface area contributed by atoms with Crippen LogP contribution in [0.1, 0.15) is 34.3 Å². The molecule has 2 aromatic carbocycles. The molecule has 1 aliphatic heterocycles. The molecule has 1 amide bonds. The van der Waals surface area contributed by atoms with E-state index in [-0.39, 0.29) is 12.0 Å². The Bertz CT molecular complexity index is 788. The Hall–Kier alpha value is -2.68. The number of hydrogen-bond donors (Lipinski definition) is 2. The minimum absolute atomic E-state index is 0.136. The first kappa shape index (κ1) is 18.1. The molecule has 0 aromatic heterocycles. The summed E-state index contributed by atoms with van der Waals surface area (Å²) < 4.78 is 0. The number of aliphatic hydroxyl groups excluding tert-OH is 1. The SMILES string of the molecule is N#Cc1cccc(C(=O)Nc2ccc(CCN3CCC(O)CC3)cc2)c1. The number of rotatable bonds is 5. The van der Waals surface area contributed by atoms with Crippen LogP contribution in [0.3, 0.4) is 0 Å². The summed E-state index contributed by atoms with van der Waals surface area (Å²) in [5.41, 5.74) is 2.90. The number of nitriles is 1. The molecule has 0 spiro atoms. The van der Waals surface area contributed by atoms with Crippen molar-refractivity contribution in [2.75, 3.05) is 25.0 Å². The molecule has 2 aromatic rings.